The van der Waals surface area contributed by atoms with Crippen LogP contribution in [0, 0.1) is 0 Å². The molecule has 1 saturated carbocycles. The minimum Gasteiger partial charge on any atom is -0.317 e. The molecule has 1 aliphatic carbocycles. The van der Waals surface area contributed by atoms with E-state index in [1.165, 1.54) is 5.56 Å². The van der Waals surface area contributed by atoms with Gasteiger partial charge in [0.1, 0.15) is 6.29 Å². The summed E-state index contributed by atoms with van der Waals surface area (Å²) in [4.78, 5) is 11.5. The first-order valence-electron chi connectivity index (χ1n) is 7.31. The Balaban J connectivity index is 0.00000147. The third-order valence-corrected chi connectivity index (χ3v) is 4.74. The third kappa shape index (κ3) is 2.76. The maximum atomic E-state index is 11.5. The smallest absolute Gasteiger partial charge is 0.140 e. The summed E-state index contributed by atoms with van der Waals surface area (Å²) in [6, 6.07) is 10.6. The summed E-state index contributed by atoms with van der Waals surface area (Å²) in [5.74, 6) is 0. The highest BCUT2D eigenvalue weighted by Gasteiger charge is 2.45. The lowest BCUT2D eigenvalue weighted by Gasteiger charge is -2.49. The SMILES string of the molecule is Cl.O=CC1(NC2(c3ccccc3)CCNCC2)CCC1. The van der Waals surface area contributed by atoms with Gasteiger partial charge in [0.05, 0.1) is 5.54 Å². The highest BCUT2D eigenvalue weighted by Crippen LogP contribution is 2.38. The summed E-state index contributed by atoms with van der Waals surface area (Å²) < 4.78 is 0. The molecule has 0 radical (unpaired) electrons. The van der Waals surface area contributed by atoms with Gasteiger partial charge in [-0.3, -0.25) is 5.32 Å². The number of carbonyl (C=O) groups is 1. The Bertz CT molecular complexity index is 439. The molecule has 1 heterocycles. The van der Waals surface area contributed by atoms with Crippen molar-refractivity contribution in [3.8, 4) is 0 Å². The van der Waals surface area contributed by atoms with Gasteiger partial charge in [0, 0.05) is 5.54 Å². The number of benzene rings is 1. The van der Waals surface area contributed by atoms with E-state index in [-0.39, 0.29) is 23.5 Å². The van der Waals surface area contributed by atoms with Gasteiger partial charge in [-0.1, -0.05) is 30.3 Å². The Hall–Kier alpha value is -0.900. The van der Waals surface area contributed by atoms with Crippen molar-refractivity contribution in [1.82, 2.24) is 10.6 Å². The molecule has 4 heteroatoms. The molecule has 1 aromatic rings. The van der Waals surface area contributed by atoms with Gasteiger partial charge in [-0.25, -0.2) is 0 Å². The summed E-state index contributed by atoms with van der Waals surface area (Å²) in [5.41, 5.74) is 1.02. The Morgan fingerprint density at radius 2 is 1.70 bits per heavy atom. The zero-order chi connectivity index (χ0) is 13.2. The molecule has 0 bridgehead atoms. The Morgan fingerprint density at radius 3 is 2.20 bits per heavy atom. The Morgan fingerprint density at radius 1 is 1.05 bits per heavy atom. The van der Waals surface area contributed by atoms with Gasteiger partial charge in [0.2, 0.25) is 0 Å². The lowest BCUT2D eigenvalue weighted by Crippen LogP contribution is -2.63. The summed E-state index contributed by atoms with van der Waals surface area (Å²) >= 11 is 0. The Labute approximate surface area is 126 Å². The molecule has 0 spiro atoms. The van der Waals surface area contributed by atoms with Gasteiger partial charge in [0.25, 0.3) is 0 Å². The number of halogens is 1. The normalized spacial score (nSPS) is 23.2. The molecule has 2 N–H and O–H groups in total. The van der Waals surface area contributed by atoms with Crippen molar-refractivity contribution in [3.63, 3.8) is 0 Å². The molecule has 20 heavy (non-hydrogen) atoms. The van der Waals surface area contributed by atoms with E-state index >= 15 is 0 Å². The number of hydrogen-bond donors (Lipinski definition) is 2. The van der Waals surface area contributed by atoms with Crippen LogP contribution in [-0.4, -0.2) is 24.9 Å². The monoisotopic (exact) mass is 294 g/mol. The molecule has 3 rings (SSSR count). The number of nitrogens with one attached hydrogen (secondary N) is 2. The predicted molar refractivity (Wildman–Crippen MR) is 83.3 cm³/mol. The molecule has 1 saturated heterocycles. The molecular weight excluding hydrogens is 272 g/mol. The van der Waals surface area contributed by atoms with Crippen LogP contribution in [-0.2, 0) is 10.3 Å². The third-order valence-electron chi connectivity index (χ3n) is 4.74. The van der Waals surface area contributed by atoms with E-state index in [1.54, 1.807) is 0 Å². The van der Waals surface area contributed by atoms with E-state index < -0.39 is 0 Å². The lowest BCUT2D eigenvalue weighted by molar-refractivity contribution is -0.118. The second-order valence-electron chi connectivity index (χ2n) is 5.95. The van der Waals surface area contributed by atoms with Crippen LogP contribution >= 0.6 is 12.4 Å². The predicted octanol–water partition coefficient (Wildman–Crippen LogP) is 2.40. The fourth-order valence-corrected chi connectivity index (χ4v) is 3.40. The highest BCUT2D eigenvalue weighted by molar-refractivity contribution is 5.85. The van der Waals surface area contributed by atoms with Gasteiger partial charge in [-0.2, -0.15) is 0 Å². The number of piperidine rings is 1. The number of aldehydes is 1. The second kappa shape index (κ2) is 6.25. The number of rotatable bonds is 4. The van der Waals surface area contributed by atoms with Crippen molar-refractivity contribution < 1.29 is 4.79 Å². The van der Waals surface area contributed by atoms with E-state index in [0.29, 0.717) is 0 Å². The zero-order valence-corrected chi connectivity index (χ0v) is 12.5. The van der Waals surface area contributed by atoms with Crippen LogP contribution in [0.5, 0.6) is 0 Å². The average Bonchev–Trinajstić information content (AvgIpc) is 2.45. The molecule has 1 aromatic carbocycles. The molecule has 2 aliphatic rings. The molecule has 0 unspecified atom stereocenters. The summed E-state index contributed by atoms with van der Waals surface area (Å²) in [6.07, 6.45) is 6.37. The van der Waals surface area contributed by atoms with Crippen molar-refractivity contribution in [3.05, 3.63) is 35.9 Å². The highest BCUT2D eigenvalue weighted by atomic mass is 35.5. The van der Waals surface area contributed by atoms with Crippen molar-refractivity contribution in [1.29, 1.82) is 0 Å². The summed E-state index contributed by atoms with van der Waals surface area (Å²) in [6.45, 7) is 2.02. The van der Waals surface area contributed by atoms with Crippen molar-refractivity contribution in [2.45, 2.75) is 43.2 Å². The molecule has 2 fully saturated rings. The summed E-state index contributed by atoms with van der Waals surface area (Å²) in [7, 11) is 0. The van der Waals surface area contributed by atoms with Crippen LogP contribution < -0.4 is 10.6 Å². The Kier molecular flexibility index (Phi) is 4.84. The van der Waals surface area contributed by atoms with Crippen molar-refractivity contribution in [2.24, 2.45) is 0 Å². The fraction of sp³-hybridized carbons (Fsp3) is 0.562. The molecule has 0 amide bonds. The fourth-order valence-electron chi connectivity index (χ4n) is 3.40. The first kappa shape index (κ1) is 15.5. The molecule has 110 valence electrons. The van der Waals surface area contributed by atoms with Gasteiger partial charge in [-0.05, 0) is 50.8 Å². The van der Waals surface area contributed by atoms with Crippen LogP contribution in [0.15, 0.2) is 30.3 Å². The van der Waals surface area contributed by atoms with Gasteiger partial charge >= 0.3 is 0 Å². The van der Waals surface area contributed by atoms with E-state index in [1.807, 2.05) is 0 Å². The van der Waals surface area contributed by atoms with Crippen LogP contribution in [0.3, 0.4) is 0 Å². The molecule has 3 nitrogen and oxygen atoms in total. The largest absolute Gasteiger partial charge is 0.317 e. The maximum Gasteiger partial charge on any atom is 0.140 e. The molecular formula is C16H23ClN2O. The van der Waals surface area contributed by atoms with Gasteiger partial charge in [0.15, 0.2) is 0 Å². The summed E-state index contributed by atoms with van der Waals surface area (Å²) in [5, 5.41) is 7.16. The minimum atomic E-state index is -0.271. The van der Waals surface area contributed by atoms with E-state index in [0.717, 1.165) is 51.5 Å². The zero-order valence-electron chi connectivity index (χ0n) is 11.7. The first-order valence-corrected chi connectivity index (χ1v) is 7.31. The topological polar surface area (TPSA) is 41.1 Å². The van der Waals surface area contributed by atoms with Crippen molar-refractivity contribution in [2.75, 3.05) is 13.1 Å². The van der Waals surface area contributed by atoms with Gasteiger partial charge < -0.3 is 10.1 Å². The molecule has 1 aliphatic heterocycles. The number of hydrogen-bond acceptors (Lipinski definition) is 3. The quantitative estimate of drug-likeness (QED) is 0.838. The molecule has 0 atom stereocenters. The lowest BCUT2D eigenvalue weighted by atomic mass is 9.72. The minimum absolute atomic E-state index is 0. The first-order chi connectivity index (χ1) is 9.29. The van der Waals surface area contributed by atoms with Crippen LogP contribution in [0.2, 0.25) is 0 Å². The van der Waals surface area contributed by atoms with Crippen LogP contribution in [0.4, 0.5) is 0 Å². The van der Waals surface area contributed by atoms with E-state index in [4.69, 9.17) is 0 Å². The van der Waals surface area contributed by atoms with Crippen molar-refractivity contribution >= 4 is 18.7 Å². The second-order valence-corrected chi connectivity index (χ2v) is 5.95. The molecule has 0 aromatic heterocycles. The van der Waals surface area contributed by atoms with Crippen LogP contribution in [0.25, 0.3) is 0 Å². The van der Waals surface area contributed by atoms with Gasteiger partial charge in [-0.15, -0.1) is 12.4 Å². The number of carbonyl (C=O) groups excluding carboxylic acids is 1. The average molecular weight is 295 g/mol. The van der Waals surface area contributed by atoms with Crippen LogP contribution in [0.1, 0.15) is 37.7 Å². The maximum absolute atomic E-state index is 11.5. The standard InChI is InChI=1S/C16H22N2O.ClH/c19-13-15(7-4-8-15)18-16(9-11-17-12-10-16)14-5-2-1-3-6-14;/h1-3,5-6,13,17-18H,4,7-12H2;1H. The van der Waals surface area contributed by atoms with E-state index in [9.17, 15) is 4.79 Å². The van der Waals surface area contributed by atoms with E-state index in [2.05, 4.69) is 41.0 Å².